The smallest absolute Gasteiger partial charge is 0.293 e. The summed E-state index contributed by atoms with van der Waals surface area (Å²) in [7, 11) is 0. The first-order valence-electron chi connectivity index (χ1n) is 4.14. The van der Waals surface area contributed by atoms with E-state index in [0.717, 1.165) is 21.0 Å². The van der Waals surface area contributed by atoms with Crippen molar-refractivity contribution in [1.82, 2.24) is 0 Å². The number of hydrogen-bond donors (Lipinski definition) is 0. The Morgan fingerprint density at radius 3 is 2.93 bits per heavy atom. The van der Waals surface area contributed by atoms with Crippen molar-refractivity contribution >= 4 is 49.3 Å². The van der Waals surface area contributed by atoms with Gasteiger partial charge in [-0.1, -0.05) is 12.1 Å². The van der Waals surface area contributed by atoms with Crippen molar-refractivity contribution in [3.63, 3.8) is 0 Å². The Bertz CT molecular complexity index is 505. The van der Waals surface area contributed by atoms with Crippen LogP contribution in [0.5, 0.6) is 0 Å². The lowest BCUT2D eigenvalue weighted by Crippen LogP contribution is -1.89. The second-order valence-electron chi connectivity index (χ2n) is 2.88. The van der Waals surface area contributed by atoms with Gasteiger partial charge in [0.25, 0.3) is 6.47 Å². The normalized spacial score (nSPS) is 10.5. The molecular weight excluding hydrogens is 328 g/mol. The van der Waals surface area contributed by atoms with Gasteiger partial charge in [0.15, 0.2) is 4.67 Å². The first-order valence-corrected chi connectivity index (χ1v) is 5.73. The van der Waals surface area contributed by atoms with Crippen molar-refractivity contribution in [2.75, 3.05) is 0 Å². The number of hydrogen-bond acceptors (Lipinski definition) is 3. The molecule has 0 amide bonds. The van der Waals surface area contributed by atoms with Crippen LogP contribution < -0.4 is 0 Å². The molecule has 1 aromatic carbocycles. The Hall–Kier alpha value is -0.810. The summed E-state index contributed by atoms with van der Waals surface area (Å²) >= 11 is 6.68. The minimum atomic E-state index is 0.202. The Balaban J connectivity index is 2.57. The molecule has 2 aromatic rings. The van der Waals surface area contributed by atoms with Crippen molar-refractivity contribution in [3.05, 3.63) is 32.9 Å². The molecule has 0 saturated carbocycles. The topological polar surface area (TPSA) is 39.4 Å². The van der Waals surface area contributed by atoms with E-state index < -0.39 is 0 Å². The third-order valence-corrected chi connectivity index (χ3v) is 3.28. The summed E-state index contributed by atoms with van der Waals surface area (Å²) in [5.74, 6) is 0. The molecule has 0 fully saturated rings. The van der Waals surface area contributed by atoms with Crippen LogP contribution in [0, 0.1) is 0 Å². The highest BCUT2D eigenvalue weighted by molar-refractivity contribution is 9.11. The van der Waals surface area contributed by atoms with E-state index in [9.17, 15) is 4.79 Å². The highest BCUT2D eigenvalue weighted by Gasteiger charge is 2.13. The molecule has 0 aliphatic carbocycles. The standard InChI is InChI=1S/C10H6Br2O3/c11-8-3-1-2-6-7(4-14-5-13)10(12)15-9(6)8/h1-3,5H,4H2. The van der Waals surface area contributed by atoms with Gasteiger partial charge in [0.1, 0.15) is 12.2 Å². The van der Waals surface area contributed by atoms with E-state index in [1.807, 2.05) is 18.2 Å². The first kappa shape index (κ1) is 10.7. The van der Waals surface area contributed by atoms with Crippen LogP contribution in [0.4, 0.5) is 0 Å². The maximum atomic E-state index is 10.1. The highest BCUT2D eigenvalue weighted by Crippen LogP contribution is 2.34. The van der Waals surface area contributed by atoms with Crippen molar-refractivity contribution in [2.45, 2.75) is 6.61 Å². The van der Waals surface area contributed by atoms with Gasteiger partial charge < -0.3 is 9.15 Å². The maximum absolute atomic E-state index is 10.1. The summed E-state index contributed by atoms with van der Waals surface area (Å²) in [4.78, 5) is 10.1. The second kappa shape index (κ2) is 4.37. The molecule has 2 rings (SSSR count). The van der Waals surface area contributed by atoms with Gasteiger partial charge in [-0.05, 0) is 37.9 Å². The number of halogens is 2. The van der Waals surface area contributed by atoms with E-state index in [1.165, 1.54) is 0 Å². The van der Waals surface area contributed by atoms with Gasteiger partial charge in [-0.3, -0.25) is 4.79 Å². The van der Waals surface area contributed by atoms with E-state index in [-0.39, 0.29) is 6.61 Å². The van der Waals surface area contributed by atoms with Crippen molar-refractivity contribution < 1.29 is 13.9 Å². The van der Waals surface area contributed by atoms with Crippen LogP contribution >= 0.6 is 31.9 Å². The van der Waals surface area contributed by atoms with Gasteiger partial charge in [-0.25, -0.2) is 0 Å². The van der Waals surface area contributed by atoms with Gasteiger partial charge >= 0.3 is 0 Å². The molecule has 15 heavy (non-hydrogen) atoms. The van der Waals surface area contributed by atoms with E-state index in [0.29, 0.717) is 11.1 Å². The molecule has 0 radical (unpaired) electrons. The molecule has 3 nitrogen and oxygen atoms in total. The van der Waals surface area contributed by atoms with Gasteiger partial charge in [-0.2, -0.15) is 0 Å². The first-order chi connectivity index (χ1) is 7.24. The summed E-state index contributed by atoms with van der Waals surface area (Å²) in [5.41, 5.74) is 1.58. The number of para-hydroxylation sites is 1. The number of carbonyl (C=O) groups is 1. The second-order valence-corrected chi connectivity index (χ2v) is 4.45. The molecule has 0 bridgehead atoms. The Morgan fingerprint density at radius 1 is 1.40 bits per heavy atom. The number of rotatable bonds is 3. The lowest BCUT2D eigenvalue weighted by molar-refractivity contribution is -0.129. The summed E-state index contributed by atoms with van der Waals surface area (Å²) < 4.78 is 11.7. The van der Waals surface area contributed by atoms with E-state index in [2.05, 4.69) is 31.9 Å². The minimum absolute atomic E-state index is 0.202. The quantitative estimate of drug-likeness (QED) is 0.805. The summed E-state index contributed by atoms with van der Waals surface area (Å²) in [6.07, 6.45) is 0. The Morgan fingerprint density at radius 2 is 2.20 bits per heavy atom. The SMILES string of the molecule is O=COCc1c(Br)oc2c(Br)cccc12. The van der Waals surface area contributed by atoms with Crippen LogP contribution in [-0.2, 0) is 16.1 Å². The van der Waals surface area contributed by atoms with Crippen LogP contribution in [0.3, 0.4) is 0 Å². The molecule has 0 N–H and O–H groups in total. The fourth-order valence-corrected chi connectivity index (χ4v) is 2.30. The summed E-state index contributed by atoms with van der Waals surface area (Å²) in [6.45, 7) is 0.622. The molecule has 5 heteroatoms. The predicted octanol–water partition coefficient (Wildman–Crippen LogP) is 3.63. The molecule has 78 valence electrons. The number of ether oxygens (including phenoxy) is 1. The molecule has 0 atom stereocenters. The lowest BCUT2D eigenvalue weighted by Gasteiger charge is -1.96. The van der Waals surface area contributed by atoms with Crippen molar-refractivity contribution in [2.24, 2.45) is 0 Å². The molecule has 1 aromatic heterocycles. The van der Waals surface area contributed by atoms with Crippen LogP contribution in [0.25, 0.3) is 11.0 Å². The molecule has 1 heterocycles. The van der Waals surface area contributed by atoms with Crippen molar-refractivity contribution in [3.8, 4) is 0 Å². The molecule has 0 unspecified atom stereocenters. The monoisotopic (exact) mass is 332 g/mol. The number of furan rings is 1. The highest BCUT2D eigenvalue weighted by atomic mass is 79.9. The molecule has 0 spiro atoms. The minimum Gasteiger partial charge on any atom is -0.463 e. The zero-order chi connectivity index (χ0) is 10.8. The third-order valence-electron chi connectivity index (χ3n) is 2.02. The maximum Gasteiger partial charge on any atom is 0.293 e. The van der Waals surface area contributed by atoms with Gasteiger partial charge in [0.05, 0.1) is 10.0 Å². The molecular formula is C10H6Br2O3. The van der Waals surface area contributed by atoms with Crippen LogP contribution in [0.15, 0.2) is 31.8 Å². The number of carbonyl (C=O) groups excluding carboxylic acids is 1. The van der Waals surface area contributed by atoms with E-state index >= 15 is 0 Å². The van der Waals surface area contributed by atoms with E-state index in [4.69, 9.17) is 9.15 Å². The summed E-state index contributed by atoms with van der Waals surface area (Å²) in [5, 5.41) is 0.929. The van der Waals surface area contributed by atoms with Crippen LogP contribution in [0.2, 0.25) is 0 Å². The number of fused-ring (bicyclic) bond motifs is 1. The van der Waals surface area contributed by atoms with Gasteiger partial charge in [-0.15, -0.1) is 0 Å². The van der Waals surface area contributed by atoms with Gasteiger partial charge in [0.2, 0.25) is 0 Å². The van der Waals surface area contributed by atoms with Gasteiger partial charge in [0, 0.05) is 5.39 Å². The fraction of sp³-hybridized carbons (Fsp3) is 0.100. The fourth-order valence-electron chi connectivity index (χ4n) is 1.36. The average molecular weight is 334 g/mol. The van der Waals surface area contributed by atoms with E-state index in [1.54, 1.807) is 0 Å². The third kappa shape index (κ3) is 1.94. The predicted molar refractivity (Wildman–Crippen MR) is 62.5 cm³/mol. The molecule has 0 aliphatic heterocycles. The zero-order valence-corrected chi connectivity index (χ0v) is 10.7. The number of benzene rings is 1. The summed E-state index contributed by atoms with van der Waals surface area (Å²) in [6, 6.07) is 5.71. The zero-order valence-electron chi connectivity index (χ0n) is 7.50. The van der Waals surface area contributed by atoms with Crippen LogP contribution in [-0.4, -0.2) is 6.47 Å². The van der Waals surface area contributed by atoms with Crippen molar-refractivity contribution in [1.29, 1.82) is 0 Å². The largest absolute Gasteiger partial charge is 0.463 e. The van der Waals surface area contributed by atoms with Crippen LogP contribution in [0.1, 0.15) is 5.56 Å². The molecule has 0 aliphatic rings. The Kier molecular flexibility index (Phi) is 3.11. The lowest BCUT2D eigenvalue weighted by atomic mass is 10.2. The average Bonchev–Trinajstić information content (AvgIpc) is 2.54. The molecule has 0 saturated heterocycles. The Labute approximate surface area is 103 Å².